The largest absolute Gasteiger partial charge is 0.493 e. The number of esters is 1. The summed E-state index contributed by atoms with van der Waals surface area (Å²) in [4.78, 5) is 25.0. The van der Waals surface area contributed by atoms with E-state index in [1.165, 1.54) is 56.9 Å². The van der Waals surface area contributed by atoms with Crippen molar-refractivity contribution < 1.29 is 37.3 Å². The molecule has 2 aromatic carbocycles. The Balaban J connectivity index is 1.73. The van der Waals surface area contributed by atoms with E-state index in [1.54, 1.807) is 12.1 Å². The number of carbonyl (C=O) groups is 2. The van der Waals surface area contributed by atoms with E-state index in [1.807, 2.05) is 0 Å². The van der Waals surface area contributed by atoms with Gasteiger partial charge in [-0.15, -0.1) is 0 Å². The van der Waals surface area contributed by atoms with Crippen LogP contribution in [0.4, 0.5) is 10.1 Å². The van der Waals surface area contributed by atoms with Crippen LogP contribution in [0.5, 0.6) is 17.2 Å². The van der Waals surface area contributed by atoms with Gasteiger partial charge >= 0.3 is 5.97 Å². The molecule has 0 aliphatic rings. The number of furan rings is 1. The van der Waals surface area contributed by atoms with Crippen LogP contribution in [-0.4, -0.2) is 39.3 Å². The van der Waals surface area contributed by atoms with E-state index >= 15 is 0 Å². The van der Waals surface area contributed by atoms with Crippen molar-refractivity contribution in [2.75, 3.05) is 32.8 Å². The molecule has 1 aromatic heterocycles. The van der Waals surface area contributed by atoms with E-state index in [0.29, 0.717) is 5.75 Å². The van der Waals surface area contributed by atoms with Crippen molar-refractivity contribution in [3.05, 3.63) is 71.9 Å². The second-order valence-corrected chi connectivity index (χ2v) is 6.10. The summed E-state index contributed by atoms with van der Waals surface area (Å²) < 4.78 is 39.6. The normalized spacial score (nSPS) is 10.3. The predicted molar refractivity (Wildman–Crippen MR) is 108 cm³/mol. The van der Waals surface area contributed by atoms with E-state index in [4.69, 9.17) is 23.4 Å². The lowest BCUT2D eigenvalue weighted by Crippen LogP contribution is -2.17. The Labute approximate surface area is 177 Å². The van der Waals surface area contributed by atoms with Gasteiger partial charge in [0.05, 0.1) is 31.7 Å². The summed E-state index contributed by atoms with van der Waals surface area (Å²) in [7, 11) is 2.84. The molecule has 0 bridgehead atoms. The maximum Gasteiger partial charge on any atom is 0.340 e. The van der Waals surface area contributed by atoms with E-state index < -0.39 is 17.7 Å². The second kappa shape index (κ2) is 10.1. The first kappa shape index (κ1) is 21.7. The van der Waals surface area contributed by atoms with Crippen LogP contribution in [0, 0.1) is 5.82 Å². The molecule has 1 heterocycles. The Bertz CT molecular complexity index is 1050. The first-order valence-electron chi connectivity index (χ1n) is 9.18. The fraction of sp³-hybridized carbons (Fsp3) is 0.182. The van der Waals surface area contributed by atoms with Gasteiger partial charge in [0.2, 0.25) is 0 Å². The molecule has 3 aromatic rings. The zero-order valence-corrected chi connectivity index (χ0v) is 16.8. The van der Waals surface area contributed by atoms with Gasteiger partial charge in [0.25, 0.3) is 5.91 Å². The van der Waals surface area contributed by atoms with Crippen LogP contribution in [-0.2, 0) is 4.74 Å². The molecule has 3 rings (SSSR count). The zero-order valence-electron chi connectivity index (χ0n) is 16.8. The van der Waals surface area contributed by atoms with Gasteiger partial charge in [0.15, 0.2) is 28.8 Å². The summed E-state index contributed by atoms with van der Waals surface area (Å²) >= 11 is 0. The molecule has 1 amide bonds. The average molecular weight is 429 g/mol. The van der Waals surface area contributed by atoms with Crippen LogP contribution in [0.2, 0.25) is 0 Å². The van der Waals surface area contributed by atoms with Crippen molar-refractivity contribution in [1.82, 2.24) is 0 Å². The van der Waals surface area contributed by atoms with Gasteiger partial charge < -0.3 is 28.7 Å². The molecule has 9 heteroatoms. The molecule has 0 atom stereocenters. The number of para-hydroxylation sites is 1. The van der Waals surface area contributed by atoms with Crippen LogP contribution < -0.4 is 19.5 Å². The van der Waals surface area contributed by atoms with Crippen LogP contribution in [0.1, 0.15) is 20.9 Å². The number of halogens is 1. The number of methoxy groups -OCH3 is 2. The monoisotopic (exact) mass is 429 g/mol. The third-order valence-corrected chi connectivity index (χ3v) is 4.15. The fourth-order valence-electron chi connectivity index (χ4n) is 2.67. The molecule has 1 N–H and O–H groups in total. The quantitative estimate of drug-likeness (QED) is 0.407. The molecule has 8 nitrogen and oxygen atoms in total. The summed E-state index contributed by atoms with van der Waals surface area (Å²) in [6.07, 6.45) is 1.36. The molecule has 0 aliphatic carbocycles. The third kappa shape index (κ3) is 5.33. The fourth-order valence-corrected chi connectivity index (χ4v) is 2.67. The van der Waals surface area contributed by atoms with Gasteiger partial charge in [-0.2, -0.15) is 0 Å². The maximum atomic E-state index is 13.6. The first-order chi connectivity index (χ1) is 15.0. The first-order valence-corrected chi connectivity index (χ1v) is 9.18. The van der Waals surface area contributed by atoms with Gasteiger partial charge in [0, 0.05) is 12.1 Å². The number of rotatable bonds is 9. The smallest absolute Gasteiger partial charge is 0.340 e. The minimum Gasteiger partial charge on any atom is -0.493 e. The number of anilines is 1. The Morgan fingerprint density at radius 2 is 1.71 bits per heavy atom. The van der Waals surface area contributed by atoms with Gasteiger partial charge in [-0.1, -0.05) is 12.1 Å². The lowest BCUT2D eigenvalue weighted by Gasteiger charge is -2.15. The van der Waals surface area contributed by atoms with Crippen molar-refractivity contribution in [3.63, 3.8) is 0 Å². The Morgan fingerprint density at radius 3 is 2.39 bits per heavy atom. The number of ether oxygens (including phenoxy) is 4. The highest BCUT2D eigenvalue weighted by Crippen LogP contribution is 2.34. The number of amides is 1. The van der Waals surface area contributed by atoms with Gasteiger partial charge in [-0.25, -0.2) is 9.18 Å². The van der Waals surface area contributed by atoms with E-state index in [2.05, 4.69) is 5.32 Å². The lowest BCUT2D eigenvalue weighted by atomic mass is 10.1. The van der Waals surface area contributed by atoms with Crippen LogP contribution in [0.15, 0.2) is 59.2 Å². The third-order valence-electron chi connectivity index (χ3n) is 4.15. The predicted octanol–water partition coefficient (Wildman–Crippen LogP) is 3.92. The summed E-state index contributed by atoms with van der Waals surface area (Å²) in [5.41, 5.74) is 0.169. The Hall–Kier alpha value is -4.01. The summed E-state index contributed by atoms with van der Waals surface area (Å²) in [5, 5.41) is 2.59. The highest BCUT2D eigenvalue weighted by molar-refractivity contribution is 6.07. The van der Waals surface area contributed by atoms with Crippen molar-refractivity contribution >= 4 is 17.6 Å². The standard InChI is InChI=1S/C22H20FNO7/c1-27-19-12-14(22(26)31-11-10-30-17-7-4-3-6-15(17)23)16(13-20(19)28-2)24-21(25)18-8-5-9-29-18/h3-9,12-13H,10-11H2,1-2H3,(H,24,25). The zero-order chi connectivity index (χ0) is 22.2. The van der Waals surface area contributed by atoms with Crippen molar-refractivity contribution in [1.29, 1.82) is 0 Å². The Kier molecular flexibility index (Phi) is 7.10. The molecular weight excluding hydrogens is 409 g/mol. The van der Waals surface area contributed by atoms with Gasteiger partial charge in [-0.3, -0.25) is 4.79 Å². The summed E-state index contributed by atoms with van der Waals surface area (Å²) in [5.74, 6) is -1.13. The highest BCUT2D eigenvalue weighted by Gasteiger charge is 2.21. The van der Waals surface area contributed by atoms with Crippen molar-refractivity contribution in [3.8, 4) is 17.2 Å². The number of benzene rings is 2. The molecule has 0 radical (unpaired) electrons. The van der Waals surface area contributed by atoms with Crippen molar-refractivity contribution in [2.24, 2.45) is 0 Å². The van der Waals surface area contributed by atoms with E-state index in [9.17, 15) is 14.0 Å². The summed E-state index contributed by atoms with van der Waals surface area (Å²) in [6, 6.07) is 11.8. The van der Waals surface area contributed by atoms with E-state index in [-0.39, 0.29) is 41.7 Å². The van der Waals surface area contributed by atoms with Gasteiger partial charge in [0.1, 0.15) is 13.2 Å². The lowest BCUT2D eigenvalue weighted by molar-refractivity contribution is 0.0449. The maximum absolute atomic E-state index is 13.6. The molecule has 0 spiro atoms. The molecule has 31 heavy (non-hydrogen) atoms. The molecule has 162 valence electrons. The topological polar surface area (TPSA) is 96.2 Å². The molecule has 0 saturated carbocycles. The summed E-state index contributed by atoms with van der Waals surface area (Å²) in [6.45, 7) is -0.207. The SMILES string of the molecule is COc1cc(NC(=O)c2ccco2)c(C(=O)OCCOc2ccccc2F)cc1OC. The minimum absolute atomic E-state index is 0.0310. The van der Waals surface area contributed by atoms with Crippen LogP contribution in [0.25, 0.3) is 0 Å². The number of hydrogen-bond donors (Lipinski definition) is 1. The molecule has 0 aliphatic heterocycles. The highest BCUT2D eigenvalue weighted by atomic mass is 19.1. The Morgan fingerprint density at radius 1 is 0.968 bits per heavy atom. The van der Waals surface area contributed by atoms with Gasteiger partial charge in [-0.05, 0) is 24.3 Å². The van der Waals surface area contributed by atoms with E-state index in [0.717, 1.165) is 0 Å². The van der Waals surface area contributed by atoms with Crippen molar-refractivity contribution in [2.45, 2.75) is 0 Å². The number of nitrogens with one attached hydrogen (secondary N) is 1. The molecule has 0 saturated heterocycles. The molecule has 0 fully saturated rings. The minimum atomic E-state index is -0.743. The second-order valence-electron chi connectivity index (χ2n) is 6.10. The average Bonchev–Trinajstić information content (AvgIpc) is 3.32. The number of carbonyl (C=O) groups excluding carboxylic acids is 2. The van der Waals surface area contributed by atoms with Crippen LogP contribution in [0.3, 0.4) is 0 Å². The number of hydrogen-bond acceptors (Lipinski definition) is 7. The molecule has 0 unspecified atom stereocenters. The van der Waals surface area contributed by atoms with Crippen LogP contribution >= 0.6 is 0 Å². The molecular formula is C22H20FNO7.